The molecule has 1 amide bonds. The minimum atomic E-state index is -4.43. The van der Waals surface area contributed by atoms with E-state index in [-0.39, 0.29) is 12.4 Å². The lowest BCUT2D eigenvalue weighted by Gasteiger charge is -2.08. The summed E-state index contributed by atoms with van der Waals surface area (Å²) >= 11 is 0.991. The molecule has 142 valence electrons. The summed E-state index contributed by atoms with van der Waals surface area (Å²) in [5, 5.41) is 10.1. The van der Waals surface area contributed by atoms with Crippen molar-refractivity contribution in [2.24, 2.45) is 7.05 Å². The Balaban J connectivity index is 1.83. The van der Waals surface area contributed by atoms with Crippen LogP contribution in [0.2, 0.25) is 0 Å². The number of nitrogens with one attached hydrogen (secondary N) is 1. The summed E-state index contributed by atoms with van der Waals surface area (Å²) in [6.07, 6.45) is -4.43. The molecule has 0 aliphatic heterocycles. The van der Waals surface area contributed by atoms with E-state index in [2.05, 4.69) is 10.2 Å². The molecular formula is C15H17F3N4O3S. The molecule has 1 aromatic carbocycles. The number of hydrogen-bond acceptors (Lipinski definition) is 6. The van der Waals surface area contributed by atoms with Crippen molar-refractivity contribution in [3.05, 3.63) is 30.1 Å². The van der Waals surface area contributed by atoms with Gasteiger partial charge in [0.25, 0.3) is 0 Å². The Hall–Kier alpha value is -2.43. The monoisotopic (exact) mass is 390 g/mol. The van der Waals surface area contributed by atoms with E-state index in [1.165, 1.54) is 0 Å². The summed E-state index contributed by atoms with van der Waals surface area (Å²) in [5.74, 6) is 0.917. The zero-order valence-corrected chi connectivity index (χ0v) is 14.9. The van der Waals surface area contributed by atoms with Gasteiger partial charge in [-0.1, -0.05) is 11.8 Å². The van der Waals surface area contributed by atoms with Crippen molar-refractivity contribution in [3.8, 4) is 11.5 Å². The van der Waals surface area contributed by atoms with E-state index < -0.39 is 18.6 Å². The first kappa shape index (κ1) is 19.9. The van der Waals surface area contributed by atoms with E-state index in [0.717, 1.165) is 11.8 Å². The predicted octanol–water partition coefficient (Wildman–Crippen LogP) is 2.17. The van der Waals surface area contributed by atoms with Crippen LogP contribution in [0.25, 0.3) is 0 Å². The largest absolute Gasteiger partial charge is 0.497 e. The Kier molecular flexibility index (Phi) is 6.72. The minimum Gasteiger partial charge on any atom is -0.497 e. The lowest BCUT2D eigenvalue weighted by Crippen LogP contribution is -2.34. The summed E-state index contributed by atoms with van der Waals surface area (Å²) in [6, 6.07) is 7.01. The van der Waals surface area contributed by atoms with Crippen LogP contribution in [0, 0.1) is 0 Å². The van der Waals surface area contributed by atoms with Crippen LogP contribution in [0.5, 0.6) is 11.5 Å². The van der Waals surface area contributed by atoms with Crippen molar-refractivity contribution < 1.29 is 27.4 Å². The van der Waals surface area contributed by atoms with Gasteiger partial charge in [0.05, 0.1) is 12.9 Å². The molecule has 2 aromatic rings. The summed E-state index contributed by atoms with van der Waals surface area (Å²) in [7, 11) is 3.25. The van der Waals surface area contributed by atoms with Crippen LogP contribution in [0.15, 0.2) is 29.4 Å². The van der Waals surface area contributed by atoms with Crippen molar-refractivity contribution in [3.63, 3.8) is 0 Å². The third kappa shape index (κ3) is 6.14. The second-order valence-corrected chi connectivity index (χ2v) is 6.05. The van der Waals surface area contributed by atoms with E-state index in [1.807, 2.05) is 0 Å². The van der Waals surface area contributed by atoms with E-state index in [9.17, 15) is 18.0 Å². The Labute approximate surface area is 151 Å². The standard InChI is InChI=1S/C15H17F3N4O3S/c1-22-12(7-25-11-5-3-10(24-2)4-6-11)20-21-14(22)26-8-13(23)19-9-15(16,17)18/h3-6H,7-9H2,1-2H3,(H,19,23). The van der Waals surface area contributed by atoms with E-state index in [1.54, 1.807) is 48.3 Å². The second kappa shape index (κ2) is 8.79. The molecule has 0 fully saturated rings. The molecule has 7 nitrogen and oxygen atoms in total. The number of rotatable bonds is 8. The van der Waals surface area contributed by atoms with Gasteiger partial charge in [0.2, 0.25) is 5.91 Å². The number of nitrogens with zero attached hydrogens (tertiary/aromatic N) is 3. The van der Waals surface area contributed by atoms with Crippen LogP contribution >= 0.6 is 11.8 Å². The molecule has 0 bridgehead atoms. The van der Waals surface area contributed by atoms with Crippen LogP contribution in [-0.4, -0.2) is 46.3 Å². The van der Waals surface area contributed by atoms with Gasteiger partial charge in [-0.3, -0.25) is 4.79 Å². The van der Waals surface area contributed by atoms with Gasteiger partial charge < -0.3 is 19.4 Å². The van der Waals surface area contributed by atoms with Crippen molar-refractivity contribution >= 4 is 17.7 Å². The molecule has 0 radical (unpaired) electrons. The summed E-state index contributed by atoms with van der Waals surface area (Å²) < 4.78 is 48.4. The third-order valence-electron chi connectivity index (χ3n) is 3.17. The number of methoxy groups -OCH3 is 1. The van der Waals surface area contributed by atoms with Crippen molar-refractivity contribution in [2.75, 3.05) is 19.4 Å². The zero-order valence-electron chi connectivity index (χ0n) is 14.0. The molecular weight excluding hydrogens is 373 g/mol. The van der Waals surface area contributed by atoms with Crippen molar-refractivity contribution in [1.82, 2.24) is 20.1 Å². The first-order valence-electron chi connectivity index (χ1n) is 7.40. The fourth-order valence-electron chi connectivity index (χ4n) is 1.80. The summed E-state index contributed by atoms with van der Waals surface area (Å²) in [4.78, 5) is 11.4. The van der Waals surface area contributed by atoms with Crippen LogP contribution in [-0.2, 0) is 18.4 Å². The molecule has 0 aliphatic carbocycles. The molecule has 26 heavy (non-hydrogen) atoms. The quantitative estimate of drug-likeness (QED) is 0.696. The van der Waals surface area contributed by atoms with Crippen molar-refractivity contribution in [2.45, 2.75) is 17.9 Å². The SMILES string of the molecule is COc1ccc(OCc2nnc(SCC(=O)NCC(F)(F)F)n2C)cc1. The number of aromatic nitrogens is 3. The van der Waals surface area contributed by atoms with E-state index >= 15 is 0 Å². The van der Waals surface area contributed by atoms with Gasteiger partial charge in [0.15, 0.2) is 11.0 Å². The summed E-state index contributed by atoms with van der Waals surface area (Å²) in [5.41, 5.74) is 0. The number of carbonyl (C=O) groups excluding carboxylic acids is 1. The number of hydrogen-bond donors (Lipinski definition) is 1. The maximum Gasteiger partial charge on any atom is 0.405 e. The average Bonchev–Trinajstić information content (AvgIpc) is 2.96. The van der Waals surface area contributed by atoms with Crippen LogP contribution in [0.4, 0.5) is 13.2 Å². The molecule has 1 heterocycles. The van der Waals surface area contributed by atoms with E-state index in [0.29, 0.717) is 22.5 Å². The fraction of sp³-hybridized carbons (Fsp3) is 0.400. The molecule has 11 heteroatoms. The van der Waals surface area contributed by atoms with Gasteiger partial charge in [-0.15, -0.1) is 10.2 Å². The fourth-order valence-corrected chi connectivity index (χ4v) is 2.56. The average molecular weight is 390 g/mol. The molecule has 2 rings (SSSR count). The maximum atomic E-state index is 12.0. The Morgan fingerprint density at radius 3 is 2.50 bits per heavy atom. The maximum absolute atomic E-state index is 12.0. The first-order chi connectivity index (χ1) is 12.3. The first-order valence-corrected chi connectivity index (χ1v) is 8.38. The molecule has 1 aromatic heterocycles. The van der Waals surface area contributed by atoms with Gasteiger partial charge in [0, 0.05) is 7.05 Å². The molecule has 0 spiro atoms. The molecule has 0 atom stereocenters. The highest BCUT2D eigenvalue weighted by Crippen LogP contribution is 2.20. The minimum absolute atomic E-state index is 0.149. The van der Waals surface area contributed by atoms with Gasteiger partial charge >= 0.3 is 6.18 Å². The number of amides is 1. The lowest BCUT2D eigenvalue weighted by molar-refractivity contribution is -0.136. The highest BCUT2D eigenvalue weighted by atomic mass is 32.2. The van der Waals surface area contributed by atoms with Crippen molar-refractivity contribution in [1.29, 1.82) is 0 Å². The predicted molar refractivity (Wildman–Crippen MR) is 88.1 cm³/mol. The third-order valence-corrected chi connectivity index (χ3v) is 4.19. The highest BCUT2D eigenvalue weighted by molar-refractivity contribution is 7.99. The number of benzene rings is 1. The second-order valence-electron chi connectivity index (χ2n) is 5.10. The van der Waals surface area contributed by atoms with Gasteiger partial charge in [-0.2, -0.15) is 13.2 Å². The topological polar surface area (TPSA) is 78.3 Å². The molecule has 0 saturated heterocycles. The van der Waals surface area contributed by atoms with Gasteiger partial charge in [-0.25, -0.2) is 0 Å². The highest BCUT2D eigenvalue weighted by Gasteiger charge is 2.27. The van der Waals surface area contributed by atoms with E-state index in [4.69, 9.17) is 9.47 Å². The van der Waals surface area contributed by atoms with Crippen LogP contribution < -0.4 is 14.8 Å². The lowest BCUT2D eigenvalue weighted by atomic mass is 10.3. The molecule has 1 N–H and O–H groups in total. The van der Waals surface area contributed by atoms with Crippen LogP contribution in [0.1, 0.15) is 5.82 Å². The number of alkyl halides is 3. The molecule has 0 aliphatic rings. The van der Waals surface area contributed by atoms with Crippen LogP contribution in [0.3, 0.4) is 0 Å². The van der Waals surface area contributed by atoms with Gasteiger partial charge in [0.1, 0.15) is 24.7 Å². The normalized spacial score (nSPS) is 11.3. The zero-order chi connectivity index (χ0) is 19.2. The molecule has 0 unspecified atom stereocenters. The number of halogens is 3. The Bertz CT molecular complexity index is 735. The molecule has 0 saturated carbocycles. The smallest absolute Gasteiger partial charge is 0.405 e. The Morgan fingerprint density at radius 2 is 1.88 bits per heavy atom. The Morgan fingerprint density at radius 1 is 1.23 bits per heavy atom. The number of thioether (sulfide) groups is 1. The number of ether oxygens (including phenoxy) is 2. The summed E-state index contributed by atoms with van der Waals surface area (Å²) in [6.45, 7) is -1.21. The van der Waals surface area contributed by atoms with Gasteiger partial charge in [-0.05, 0) is 24.3 Å². The number of carbonyl (C=O) groups is 1.